The fourth-order valence-electron chi connectivity index (χ4n) is 5.99. The molecule has 3 fully saturated rings. The number of likely N-dealkylation sites (tertiary alicyclic amines) is 2. The second-order valence-corrected chi connectivity index (χ2v) is 9.73. The van der Waals surface area contributed by atoms with Crippen molar-refractivity contribution >= 4 is 11.6 Å². The third-order valence-corrected chi connectivity index (χ3v) is 7.55. The average Bonchev–Trinajstić information content (AvgIpc) is 3.17. The molecule has 0 unspecified atom stereocenters. The molecule has 5 rings (SSSR count). The summed E-state index contributed by atoms with van der Waals surface area (Å²) in [6.07, 6.45) is 13.5. The summed E-state index contributed by atoms with van der Waals surface area (Å²) in [5, 5.41) is 0. The maximum atomic E-state index is 13.2. The number of hydrogen-bond acceptors (Lipinski definition) is 4. The molecule has 2 aromatic rings. The summed E-state index contributed by atoms with van der Waals surface area (Å²) in [7, 11) is 0. The van der Waals surface area contributed by atoms with E-state index >= 15 is 0 Å². The van der Waals surface area contributed by atoms with Crippen molar-refractivity contribution in [2.75, 3.05) is 32.7 Å². The summed E-state index contributed by atoms with van der Waals surface area (Å²) < 4.78 is 1.46. The van der Waals surface area contributed by atoms with Crippen LogP contribution in [0.2, 0.25) is 0 Å². The van der Waals surface area contributed by atoms with Crippen molar-refractivity contribution in [1.82, 2.24) is 19.2 Å². The largest absolute Gasteiger partial charge is 0.338 e. The first-order chi connectivity index (χ1) is 14.6. The van der Waals surface area contributed by atoms with Crippen molar-refractivity contribution < 1.29 is 4.79 Å². The molecule has 0 aromatic carbocycles. The number of fused-ring (bicyclic) bond motifs is 1. The second-order valence-electron chi connectivity index (χ2n) is 9.73. The molecule has 1 atom stereocenters. The van der Waals surface area contributed by atoms with E-state index < -0.39 is 0 Å². The minimum atomic E-state index is -0.269. The van der Waals surface area contributed by atoms with Crippen LogP contribution in [0.15, 0.2) is 35.4 Å². The molecule has 2 aliphatic heterocycles. The molecule has 0 bridgehead atoms. The molecular weight excluding hydrogens is 376 g/mol. The molecule has 2 saturated heterocycles. The number of pyridine rings is 1. The maximum Gasteiger partial charge on any atom is 0.270 e. The minimum absolute atomic E-state index is 0.160. The molecule has 4 heterocycles. The number of rotatable bonds is 3. The minimum Gasteiger partial charge on any atom is -0.338 e. The van der Waals surface area contributed by atoms with Crippen molar-refractivity contribution in [2.45, 2.75) is 51.4 Å². The zero-order valence-electron chi connectivity index (χ0n) is 17.8. The lowest BCUT2D eigenvalue weighted by Crippen LogP contribution is -2.47. The summed E-state index contributed by atoms with van der Waals surface area (Å²) in [6.45, 7) is 5.03. The van der Waals surface area contributed by atoms with Gasteiger partial charge in [-0.25, -0.2) is 4.98 Å². The van der Waals surface area contributed by atoms with Gasteiger partial charge in [0.15, 0.2) is 0 Å². The Kier molecular flexibility index (Phi) is 5.35. The SMILES string of the molecule is O=C(c1cnc2ccccn2c1=O)N1CC[C@@]2(CCCN(CC3CCCCC3)C2)C1. The second kappa shape index (κ2) is 8.14. The number of nitrogens with zero attached hydrogens (tertiary/aromatic N) is 4. The summed E-state index contributed by atoms with van der Waals surface area (Å²) >= 11 is 0. The summed E-state index contributed by atoms with van der Waals surface area (Å²) in [5.41, 5.74) is 0.686. The van der Waals surface area contributed by atoms with Crippen LogP contribution in [0, 0.1) is 11.3 Å². The first kappa shape index (κ1) is 19.7. The van der Waals surface area contributed by atoms with Crippen LogP contribution in [-0.4, -0.2) is 57.8 Å². The van der Waals surface area contributed by atoms with Gasteiger partial charge in [-0.05, 0) is 56.7 Å². The van der Waals surface area contributed by atoms with Gasteiger partial charge in [0.25, 0.3) is 11.5 Å². The van der Waals surface area contributed by atoms with E-state index in [9.17, 15) is 9.59 Å². The first-order valence-electron chi connectivity index (χ1n) is 11.6. The standard InChI is InChI=1S/C24H32N4O2/c29-22(20-15-25-21-9-4-5-13-28(21)23(20)30)27-14-11-24(18-27)10-6-12-26(17-24)16-19-7-2-1-3-8-19/h4-5,9,13,15,19H,1-3,6-8,10-12,14,16-18H2/t24-/m1/s1. The Morgan fingerprint density at radius 3 is 2.80 bits per heavy atom. The number of aromatic nitrogens is 2. The molecule has 0 radical (unpaired) electrons. The Bertz CT molecular complexity index is 981. The Balaban J connectivity index is 1.28. The van der Waals surface area contributed by atoms with E-state index in [1.54, 1.807) is 18.3 Å². The van der Waals surface area contributed by atoms with E-state index in [2.05, 4.69) is 9.88 Å². The molecule has 6 nitrogen and oxygen atoms in total. The quantitative estimate of drug-likeness (QED) is 0.783. The van der Waals surface area contributed by atoms with Gasteiger partial charge in [0.1, 0.15) is 11.2 Å². The Hall–Kier alpha value is -2.21. The van der Waals surface area contributed by atoms with Crippen LogP contribution in [0.3, 0.4) is 0 Å². The zero-order valence-corrected chi connectivity index (χ0v) is 17.8. The van der Waals surface area contributed by atoms with Crippen molar-refractivity contribution in [1.29, 1.82) is 0 Å². The van der Waals surface area contributed by atoms with Gasteiger partial charge in [0.2, 0.25) is 0 Å². The van der Waals surface area contributed by atoms with Gasteiger partial charge in [-0.2, -0.15) is 0 Å². The van der Waals surface area contributed by atoms with Crippen LogP contribution in [0.25, 0.3) is 5.65 Å². The number of amides is 1. The van der Waals surface area contributed by atoms with Crippen LogP contribution >= 0.6 is 0 Å². The van der Waals surface area contributed by atoms with Gasteiger partial charge < -0.3 is 9.80 Å². The summed E-state index contributed by atoms with van der Waals surface area (Å²) in [5.74, 6) is 0.698. The molecule has 2 aromatic heterocycles. The van der Waals surface area contributed by atoms with Crippen molar-refractivity contribution in [3.05, 3.63) is 46.5 Å². The molecule has 160 valence electrons. The lowest BCUT2D eigenvalue weighted by Gasteiger charge is -2.42. The lowest BCUT2D eigenvalue weighted by molar-refractivity contribution is 0.0629. The normalized spacial score (nSPS) is 25.9. The summed E-state index contributed by atoms with van der Waals surface area (Å²) in [4.78, 5) is 34.9. The van der Waals surface area contributed by atoms with Gasteiger partial charge in [-0.15, -0.1) is 0 Å². The van der Waals surface area contributed by atoms with E-state index in [0.29, 0.717) is 5.65 Å². The average molecular weight is 409 g/mol. The third-order valence-electron chi connectivity index (χ3n) is 7.55. The molecule has 1 aliphatic carbocycles. The monoisotopic (exact) mass is 408 g/mol. The van der Waals surface area contributed by atoms with Crippen LogP contribution in [0.4, 0.5) is 0 Å². The zero-order chi connectivity index (χ0) is 20.6. The Morgan fingerprint density at radius 1 is 1.07 bits per heavy atom. The fraction of sp³-hybridized carbons (Fsp3) is 0.625. The molecule has 6 heteroatoms. The molecule has 1 spiro atoms. The van der Waals surface area contributed by atoms with Crippen LogP contribution in [-0.2, 0) is 0 Å². The molecule has 1 saturated carbocycles. The first-order valence-corrected chi connectivity index (χ1v) is 11.6. The third kappa shape index (κ3) is 3.78. The number of hydrogen-bond donors (Lipinski definition) is 0. The number of carbonyl (C=O) groups is 1. The summed E-state index contributed by atoms with van der Waals surface area (Å²) in [6, 6.07) is 5.41. The van der Waals surface area contributed by atoms with E-state index in [4.69, 9.17) is 0 Å². The van der Waals surface area contributed by atoms with Crippen molar-refractivity contribution in [3.8, 4) is 0 Å². The smallest absolute Gasteiger partial charge is 0.270 e. The Labute approximate surface area is 177 Å². The predicted octanol–water partition coefficient (Wildman–Crippen LogP) is 3.20. The number of carbonyl (C=O) groups excluding carboxylic acids is 1. The van der Waals surface area contributed by atoms with Crippen molar-refractivity contribution in [2.24, 2.45) is 11.3 Å². The number of piperidine rings is 1. The van der Waals surface area contributed by atoms with Crippen LogP contribution in [0.1, 0.15) is 61.7 Å². The fourth-order valence-corrected chi connectivity index (χ4v) is 5.99. The maximum absolute atomic E-state index is 13.2. The van der Waals surface area contributed by atoms with Crippen LogP contribution in [0.5, 0.6) is 0 Å². The van der Waals surface area contributed by atoms with Gasteiger partial charge in [0, 0.05) is 44.0 Å². The van der Waals surface area contributed by atoms with E-state index in [-0.39, 0.29) is 22.4 Å². The molecule has 1 amide bonds. The van der Waals surface area contributed by atoms with Crippen LogP contribution < -0.4 is 5.56 Å². The van der Waals surface area contributed by atoms with Crippen molar-refractivity contribution in [3.63, 3.8) is 0 Å². The molecule has 0 N–H and O–H groups in total. The topological polar surface area (TPSA) is 57.9 Å². The van der Waals surface area contributed by atoms with Gasteiger partial charge in [0.05, 0.1) is 0 Å². The highest BCUT2D eigenvalue weighted by Gasteiger charge is 2.43. The van der Waals surface area contributed by atoms with E-state index in [1.807, 2.05) is 11.0 Å². The highest BCUT2D eigenvalue weighted by Crippen LogP contribution is 2.40. The van der Waals surface area contributed by atoms with E-state index in [0.717, 1.165) is 32.0 Å². The molecule has 3 aliphatic rings. The lowest BCUT2D eigenvalue weighted by atomic mass is 9.78. The molecular formula is C24H32N4O2. The predicted molar refractivity (Wildman–Crippen MR) is 117 cm³/mol. The van der Waals surface area contributed by atoms with Gasteiger partial charge >= 0.3 is 0 Å². The highest BCUT2D eigenvalue weighted by molar-refractivity contribution is 5.94. The molecule has 30 heavy (non-hydrogen) atoms. The van der Waals surface area contributed by atoms with E-state index in [1.165, 1.54) is 68.6 Å². The van der Waals surface area contributed by atoms with Gasteiger partial charge in [-0.3, -0.25) is 14.0 Å². The highest BCUT2D eigenvalue weighted by atomic mass is 16.2. The Morgan fingerprint density at radius 2 is 1.93 bits per heavy atom. The van der Waals surface area contributed by atoms with Gasteiger partial charge in [-0.1, -0.05) is 25.3 Å².